The zero-order chi connectivity index (χ0) is 13.5. The first-order chi connectivity index (χ1) is 8.37. The average Bonchev–Trinajstić information content (AvgIpc) is 2.48. The van der Waals surface area contributed by atoms with Gasteiger partial charge in [-0.3, -0.25) is 19.6 Å². The molecule has 18 heavy (non-hydrogen) atoms. The van der Waals surface area contributed by atoms with Crippen molar-refractivity contribution in [1.29, 1.82) is 0 Å². The molecule has 0 atom stereocenters. The summed E-state index contributed by atoms with van der Waals surface area (Å²) in [5.74, 6) is -0.938. The molecule has 0 aromatic carbocycles. The zero-order valence-electron chi connectivity index (χ0n) is 10.1. The Labute approximate surface area is 103 Å². The Balaban J connectivity index is 2.47. The van der Waals surface area contributed by atoms with Crippen LogP contribution in [0.15, 0.2) is 0 Å². The summed E-state index contributed by atoms with van der Waals surface area (Å²) >= 11 is 0. The van der Waals surface area contributed by atoms with Gasteiger partial charge in [-0.05, 0) is 13.8 Å². The van der Waals surface area contributed by atoms with Crippen LogP contribution in [-0.2, 0) is 10.3 Å². The van der Waals surface area contributed by atoms with Crippen molar-refractivity contribution in [2.45, 2.75) is 25.8 Å². The van der Waals surface area contributed by atoms with Crippen molar-refractivity contribution in [1.82, 2.24) is 15.1 Å². The summed E-state index contributed by atoms with van der Waals surface area (Å²) in [6.07, 6.45) is -0.0981. The SMILES string of the molecule is Cc1nn(C2(CC(=O)O)CNC2)c(C)c1[N+](=O)[O-]. The Morgan fingerprint density at radius 1 is 1.61 bits per heavy atom. The molecule has 0 aliphatic carbocycles. The maximum atomic E-state index is 10.9. The highest BCUT2D eigenvalue weighted by atomic mass is 16.6. The molecule has 0 spiro atoms. The number of nitrogens with one attached hydrogen (secondary N) is 1. The van der Waals surface area contributed by atoms with E-state index in [0.717, 1.165) is 0 Å². The molecule has 0 unspecified atom stereocenters. The van der Waals surface area contributed by atoms with E-state index < -0.39 is 16.4 Å². The zero-order valence-corrected chi connectivity index (χ0v) is 10.1. The first kappa shape index (κ1) is 12.5. The molecule has 1 aliphatic rings. The summed E-state index contributed by atoms with van der Waals surface area (Å²) in [5, 5.41) is 27.0. The third-order valence-corrected chi connectivity index (χ3v) is 3.27. The van der Waals surface area contributed by atoms with E-state index in [4.69, 9.17) is 5.11 Å². The van der Waals surface area contributed by atoms with Crippen LogP contribution >= 0.6 is 0 Å². The quantitative estimate of drug-likeness (QED) is 0.585. The molecule has 0 saturated carbocycles. The molecular formula is C10H14N4O4. The summed E-state index contributed by atoms with van der Waals surface area (Å²) in [7, 11) is 0. The summed E-state index contributed by atoms with van der Waals surface area (Å²) in [4.78, 5) is 21.4. The van der Waals surface area contributed by atoms with Gasteiger partial charge < -0.3 is 10.4 Å². The molecule has 8 nitrogen and oxygen atoms in total. The van der Waals surface area contributed by atoms with Gasteiger partial charge in [0.15, 0.2) is 0 Å². The number of carboxylic acid groups (broad SMARTS) is 1. The van der Waals surface area contributed by atoms with Crippen LogP contribution in [-0.4, -0.2) is 38.9 Å². The molecule has 0 amide bonds. The minimum atomic E-state index is -0.938. The van der Waals surface area contributed by atoms with Crippen LogP contribution in [0.5, 0.6) is 0 Å². The Morgan fingerprint density at radius 2 is 2.22 bits per heavy atom. The second-order valence-corrected chi connectivity index (χ2v) is 4.59. The van der Waals surface area contributed by atoms with Gasteiger partial charge in [0.25, 0.3) is 0 Å². The molecule has 1 fully saturated rings. The second kappa shape index (κ2) is 4.05. The van der Waals surface area contributed by atoms with Gasteiger partial charge in [0.05, 0.1) is 16.9 Å². The van der Waals surface area contributed by atoms with E-state index in [1.165, 1.54) is 4.68 Å². The number of carboxylic acids is 1. The molecule has 0 radical (unpaired) electrons. The lowest BCUT2D eigenvalue weighted by Gasteiger charge is -2.42. The Hall–Kier alpha value is -1.96. The van der Waals surface area contributed by atoms with Gasteiger partial charge in [0.2, 0.25) is 0 Å². The van der Waals surface area contributed by atoms with Gasteiger partial charge in [-0.25, -0.2) is 0 Å². The van der Waals surface area contributed by atoms with Crippen LogP contribution in [0.1, 0.15) is 17.8 Å². The van der Waals surface area contributed by atoms with Gasteiger partial charge in [-0.15, -0.1) is 0 Å². The molecule has 98 valence electrons. The molecule has 2 heterocycles. The van der Waals surface area contributed by atoms with E-state index in [2.05, 4.69) is 10.4 Å². The van der Waals surface area contributed by atoms with E-state index >= 15 is 0 Å². The molecule has 0 bridgehead atoms. The largest absolute Gasteiger partial charge is 0.481 e. The lowest BCUT2D eigenvalue weighted by molar-refractivity contribution is -0.386. The fourth-order valence-electron chi connectivity index (χ4n) is 2.41. The number of aliphatic carboxylic acids is 1. The van der Waals surface area contributed by atoms with Crippen LogP contribution < -0.4 is 5.32 Å². The summed E-state index contributed by atoms with van der Waals surface area (Å²) in [6, 6.07) is 0. The van der Waals surface area contributed by atoms with Crippen molar-refractivity contribution in [3.63, 3.8) is 0 Å². The number of carbonyl (C=O) groups is 1. The summed E-state index contributed by atoms with van der Waals surface area (Å²) < 4.78 is 1.49. The monoisotopic (exact) mass is 254 g/mol. The van der Waals surface area contributed by atoms with Gasteiger partial charge in [0.1, 0.15) is 11.4 Å². The standard InChI is InChI=1S/C10H14N4O4/c1-6-9(14(17)18)7(2)13(12-6)10(3-8(15)16)4-11-5-10/h11H,3-5H2,1-2H3,(H,15,16). The minimum absolute atomic E-state index is 0.0355. The van der Waals surface area contributed by atoms with Crippen LogP contribution in [0.2, 0.25) is 0 Å². The predicted octanol–water partition coefficient (Wildman–Crippen LogP) is 0.181. The summed E-state index contributed by atoms with van der Waals surface area (Å²) in [5.41, 5.74) is -0.00403. The number of hydrogen-bond acceptors (Lipinski definition) is 5. The maximum absolute atomic E-state index is 10.9. The first-order valence-electron chi connectivity index (χ1n) is 5.51. The lowest BCUT2D eigenvalue weighted by Crippen LogP contribution is -2.62. The van der Waals surface area contributed by atoms with Gasteiger partial charge >= 0.3 is 11.7 Å². The molecule has 1 aromatic rings. The fraction of sp³-hybridized carbons (Fsp3) is 0.600. The number of nitro groups is 1. The minimum Gasteiger partial charge on any atom is -0.481 e. The first-order valence-corrected chi connectivity index (χ1v) is 5.51. The van der Waals surface area contributed by atoms with E-state index in [1.54, 1.807) is 13.8 Å². The van der Waals surface area contributed by atoms with Crippen molar-refractivity contribution in [3.8, 4) is 0 Å². The average molecular weight is 254 g/mol. The molecule has 1 saturated heterocycles. The third kappa shape index (κ3) is 1.74. The highest BCUT2D eigenvalue weighted by Gasteiger charge is 2.44. The normalized spacial score (nSPS) is 17.2. The molecule has 2 rings (SSSR count). The Kier molecular flexibility index (Phi) is 2.81. The number of hydrogen-bond donors (Lipinski definition) is 2. The smallest absolute Gasteiger partial charge is 0.312 e. The Morgan fingerprint density at radius 3 is 2.56 bits per heavy atom. The predicted molar refractivity (Wildman–Crippen MR) is 61.5 cm³/mol. The van der Waals surface area contributed by atoms with Crippen LogP contribution in [0.25, 0.3) is 0 Å². The van der Waals surface area contributed by atoms with Crippen LogP contribution in [0, 0.1) is 24.0 Å². The van der Waals surface area contributed by atoms with Crippen LogP contribution in [0.4, 0.5) is 5.69 Å². The van der Waals surface area contributed by atoms with Crippen molar-refractivity contribution in [3.05, 3.63) is 21.5 Å². The number of rotatable bonds is 4. The lowest BCUT2D eigenvalue weighted by atomic mass is 9.88. The number of aryl methyl sites for hydroxylation is 1. The van der Waals surface area contributed by atoms with Crippen molar-refractivity contribution >= 4 is 11.7 Å². The van der Waals surface area contributed by atoms with Gasteiger partial charge in [-0.1, -0.05) is 0 Å². The van der Waals surface area contributed by atoms with Crippen molar-refractivity contribution in [2.75, 3.05) is 13.1 Å². The number of aromatic nitrogens is 2. The van der Waals surface area contributed by atoms with Crippen LogP contribution in [0.3, 0.4) is 0 Å². The summed E-state index contributed by atoms with van der Waals surface area (Å²) in [6.45, 7) is 4.07. The topological polar surface area (TPSA) is 110 Å². The van der Waals surface area contributed by atoms with Gasteiger partial charge in [0, 0.05) is 13.1 Å². The van der Waals surface area contributed by atoms with Crippen molar-refractivity contribution < 1.29 is 14.8 Å². The van der Waals surface area contributed by atoms with E-state index in [-0.39, 0.29) is 12.1 Å². The molecule has 2 N–H and O–H groups in total. The van der Waals surface area contributed by atoms with Gasteiger partial charge in [-0.2, -0.15) is 5.10 Å². The molecule has 1 aliphatic heterocycles. The Bertz CT molecular complexity index is 518. The molecular weight excluding hydrogens is 240 g/mol. The van der Waals surface area contributed by atoms with E-state index in [0.29, 0.717) is 24.5 Å². The highest BCUT2D eigenvalue weighted by molar-refractivity contribution is 5.68. The number of nitrogens with zero attached hydrogens (tertiary/aromatic N) is 3. The highest BCUT2D eigenvalue weighted by Crippen LogP contribution is 2.32. The van der Waals surface area contributed by atoms with Crippen molar-refractivity contribution in [2.24, 2.45) is 0 Å². The molecule has 1 aromatic heterocycles. The second-order valence-electron chi connectivity index (χ2n) is 4.59. The van der Waals surface area contributed by atoms with E-state index in [9.17, 15) is 14.9 Å². The maximum Gasteiger partial charge on any atom is 0.312 e. The van der Waals surface area contributed by atoms with E-state index in [1.807, 2.05) is 0 Å². The fourth-order valence-corrected chi connectivity index (χ4v) is 2.41. The molecule has 8 heteroatoms. The third-order valence-electron chi connectivity index (χ3n) is 3.27.